The fourth-order valence-electron chi connectivity index (χ4n) is 0.556. The molecule has 0 aromatic heterocycles. The topological polar surface area (TPSA) is 0 Å². The summed E-state index contributed by atoms with van der Waals surface area (Å²) in [4.78, 5) is 0. The van der Waals surface area contributed by atoms with Crippen LogP contribution in [-0.4, -0.2) is 5.25 Å². The number of rotatable bonds is 1. The van der Waals surface area contributed by atoms with Crippen LogP contribution in [0.25, 0.3) is 0 Å². The van der Waals surface area contributed by atoms with Gasteiger partial charge in [0.2, 0.25) is 0 Å². The maximum atomic E-state index is 5.07. The molecule has 0 aromatic rings. The Bertz CT molecular complexity index is 87.7. The quantitative estimate of drug-likeness (QED) is 0.503. The number of hydrogen-bond acceptors (Lipinski definition) is 1. The fourth-order valence-corrected chi connectivity index (χ4v) is 3.36. The Kier molecular flexibility index (Phi) is 2.50. The predicted molar refractivity (Wildman–Crippen MR) is 46.4 cm³/mol. The van der Waals surface area contributed by atoms with Gasteiger partial charge in [0.1, 0.15) is 0 Å². The maximum absolute atomic E-state index is 5.07. The molecule has 1 saturated carbocycles. The van der Waals surface area contributed by atoms with Crippen LogP contribution in [0.3, 0.4) is 0 Å². The van der Waals surface area contributed by atoms with Crippen molar-refractivity contribution in [1.82, 2.24) is 0 Å². The first-order valence-electron chi connectivity index (χ1n) is 2.37. The Morgan fingerprint density at radius 1 is 1.57 bits per heavy atom. The second-order valence-corrected chi connectivity index (χ2v) is 8.68. The van der Waals surface area contributed by atoms with Crippen molar-refractivity contribution in [2.75, 3.05) is 0 Å². The van der Waals surface area contributed by atoms with Crippen LogP contribution in [0.15, 0.2) is 0 Å². The van der Waals surface area contributed by atoms with Gasteiger partial charge in [-0.1, -0.05) is 13.0 Å². The molecule has 1 atom stereocenters. The monoisotopic (exact) mass is 246 g/mol. The lowest BCUT2D eigenvalue weighted by molar-refractivity contribution is 0.523. The minimum absolute atomic E-state index is 0.280. The largest absolute Gasteiger partial charge is 0.0551 e. The van der Waals surface area contributed by atoms with E-state index in [0.29, 0.717) is 0 Å². The summed E-state index contributed by atoms with van der Waals surface area (Å²) in [5.74, 6) is 0. The fraction of sp³-hybridized carbons (Fsp3) is 1.00. The summed E-state index contributed by atoms with van der Waals surface area (Å²) >= 11 is 7.43. The molecule has 1 rings (SSSR count). The Morgan fingerprint density at radius 2 is 2.14 bits per heavy atom. The smallest absolute Gasteiger partial charge is 0.0188 e. The zero-order valence-electron chi connectivity index (χ0n) is 3.89. The summed E-state index contributed by atoms with van der Waals surface area (Å²) in [6.07, 6.45) is 4.22. The van der Waals surface area contributed by atoms with Crippen molar-refractivity contribution in [3.8, 4) is 0 Å². The van der Waals surface area contributed by atoms with Crippen molar-refractivity contribution in [3.05, 3.63) is 0 Å². The molecule has 0 saturated heterocycles. The molecule has 0 spiro atoms. The third-order valence-electron chi connectivity index (χ3n) is 1.31. The molecule has 7 heavy (non-hydrogen) atoms. The molecule has 0 amide bonds. The first kappa shape index (κ1) is 6.42. The summed E-state index contributed by atoms with van der Waals surface area (Å²) in [5.41, 5.74) is 0. The Balaban J connectivity index is 2.27. The van der Waals surface area contributed by atoms with E-state index in [2.05, 4.69) is 21.2 Å². The number of hydrogen-bond donors (Lipinski definition) is 0. The second kappa shape index (κ2) is 2.73. The average molecular weight is 246 g/mol. The lowest BCUT2D eigenvalue weighted by Gasteiger charge is -2.23. The molecule has 0 bridgehead atoms. The zero-order valence-corrected chi connectivity index (χ0v) is 7.68. The molecule has 0 aromatic carbocycles. The van der Waals surface area contributed by atoms with Gasteiger partial charge in [-0.3, -0.25) is 0 Å². The molecule has 1 aliphatic rings. The van der Waals surface area contributed by atoms with Gasteiger partial charge >= 0.3 is 0 Å². The van der Waals surface area contributed by atoms with Gasteiger partial charge in [-0.25, -0.2) is 0 Å². The van der Waals surface area contributed by atoms with Crippen LogP contribution in [0.2, 0.25) is 0 Å². The normalized spacial score (nSPS) is 26.4. The lowest BCUT2D eigenvalue weighted by Crippen LogP contribution is -2.18. The highest BCUT2D eigenvalue weighted by Crippen LogP contribution is 2.26. The molecule has 0 nitrogen and oxygen atoms in total. The van der Waals surface area contributed by atoms with Gasteiger partial charge in [0.25, 0.3) is 0 Å². The molecule has 42 valence electrons. The lowest BCUT2D eigenvalue weighted by atomic mass is 10.0. The van der Waals surface area contributed by atoms with E-state index >= 15 is 0 Å². The zero-order chi connectivity index (χ0) is 5.28. The van der Waals surface area contributed by atoms with E-state index in [4.69, 9.17) is 11.2 Å². The van der Waals surface area contributed by atoms with Crippen LogP contribution >= 0.6 is 21.2 Å². The molecule has 0 radical (unpaired) electrons. The van der Waals surface area contributed by atoms with Crippen molar-refractivity contribution < 1.29 is 0 Å². The van der Waals surface area contributed by atoms with Crippen molar-refractivity contribution in [2.45, 2.75) is 24.5 Å². The van der Waals surface area contributed by atoms with Gasteiger partial charge in [-0.15, -0.1) is 0 Å². The van der Waals surface area contributed by atoms with E-state index in [0.717, 1.165) is 5.25 Å². The van der Waals surface area contributed by atoms with Gasteiger partial charge in [0.15, 0.2) is 0 Å². The third kappa shape index (κ3) is 1.61. The van der Waals surface area contributed by atoms with Crippen LogP contribution in [0, 0.1) is 0 Å². The molecule has 0 N–H and O–H groups in total. The van der Waals surface area contributed by atoms with Crippen LogP contribution in [0.4, 0.5) is 0 Å². The van der Waals surface area contributed by atoms with Gasteiger partial charge in [-0.05, 0) is 24.0 Å². The van der Waals surface area contributed by atoms with Gasteiger partial charge in [0, 0.05) is 26.5 Å². The summed E-state index contributed by atoms with van der Waals surface area (Å²) in [5, 5.41) is 0.913. The SMILES string of the molecule is S=S(I)C1CCC1. The standard InChI is InChI=1S/C4H7IS2/c5-7(6)4-2-1-3-4/h4H,1-3H2. The van der Waals surface area contributed by atoms with E-state index < -0.39 is 0 Å². The van der Waals surface area contributed by atoms with Crippen LogP contribution < -0.4 is 0 Å². The highest BCUT2D eigenvalue weighted by Gasteiger charge is 2.18. The van der Waals surface area contributed by atoms with Crippen LogP contribution in [0.1, 0.15) is 19.3 Å². The van der Waals surface area contributed by atoms with Crippen molar-refractivity contribution in [3.63, 3.8) is 0 Å². The Labute approximate surface area is 63.2 Å². The molecule has 1 unspecified atom stereocenters. The molecule has 1 aliphatic carbocycles. The van der Waals surface area contributed by atoms with Gasteiger partial charge in [0.05, 0.1) is 0 Å². The van der Waals surface area contributed by atoms with E-state index in [1.165, 1.54) is 19.3 Å². The summed E-state index contributed by atoms with van der Waals surface area (Å²) in [6.45, 7) is 0.280. The van der Waals surface area contributed by atoms with E-state index in [1.54, 1.807) is 0 Å². The minimum Gasteiger partial charge on any atom is -0.0551 e. The Hall–Kier alpha value is 1.30. The predicted octanol–water partition coefficient (Wildman–Crippen LogP) is 1.97. The Morgan fingerprint density at radius 3 is 2.14 bits per heavy atom. The summed E-state index contributed by atoms with van der Waals surface area (Å²) in [6, 6.07) is 0. The third-order valence-corrected chi connectivity index (χ3v) is 5.28. The summed E-state index contributed by atoms with van der Waals surface area (Å²) < 4.78 is 0. The average Bonchev–Trinajstić information content (AvgIpc) is 1.23. The van der Waals surface area contributed by atoms with E-state index in [-0.39, 0.29) is 6.63 Å². The van der Waals surface area contributed by atoms with Crippen LogP contribution in [0.5, 0.6) is 0 Å². The minimum atomic E-state index is 0.280. The highest BCUT2D eigenvalue weighted by atomic mass is 127. The van der Waals surface area contributed by atoms with Gasteiger partial charge in [-0.2, -0.15) is 0 Å². The molecule has 0 heterocycles. The van der Waals surface area contributed by atoms with Crippen molar-refractivity contribution in [2.24, 2.45) is 0 Å². The molecule has 1 fully saturated rings. The first-order chi connectivity index (χ1) is 3.30. The first-order valence-corrected chi connectivity index (χ1v) is 7.13. The van der Waals surface area contributed by atoms with Gasteiger partial charge < -0.3 is 0 Å². The molecular weight excluding hydrogens is 239 g/mol. The van der Waals surface area contributed by atoms with Crippen molar-refractivity contribution in [1.29, 1.82) is 0 Å². The van der Waals surface area contributed by atoms with E-state index in [9.17, 15) is 0 Å². The highest BCUT2D eigenvalue weighted by molar-refractivity contribution is 14.2. The molecular formula is C4H7IS2. The number of halogens is 1. The molecule has 0 aliphatic heterocycles. The second-order valence-electron chi connectivity index (χ2n) is 1.80. The van der Waals surface area contributed by atoms with Crippen molar-refractivity contribution >= 4 is 39.0 Å². The van der Waals surface area contributed by atoms with Crippen LogP contribution in [-0.2, 0) is 17.8 Å². The molecule has 3 heteroatoms. The maximum Gasteiger partial charge on any atom is 0.0188 e. The summed E-state index contributed by atoms with van der Waals surface area (Å²) in [7, 11) is 0. The van der Waals surface area contributed by atoms with E-state index in [1.807, 2.05) is 0 Å².